The predicted octanol–water partition coefficient (Wildman–Crippen LogP) is 3.03. The highest BCUT2D eigenvalue weighted by Gasteiger charge is 2.31. The number of aromatic nitrogens is 4. The summed E-state index contributed by atoms with van der Waals surface area (Å²) in [6, 6.07) is 0. The fraction of sp³-hybridized carbons (Fsp3) is 0.647. The Morgan fingerprint density at radius 3 is 2.48 bits per heavy atom. The number of rotatable bonds is 7. The first-order valence-electron chi connectivity index (χ1n) is 8.70. The Labute approximate surface area is 155 Å². The van der Waals surface area contributed by atoms with Crippen LogP contribution in [0.1, 0.15) is 61.3 Å². The van der Waals surface area contributed by atoms with Crippen LogP contribution in [0.2, 0.25) is 0 Å². The summed E-state index contributed by atoms with van der Waals surface area (Å²) in [7, 11) is 0. The van der Waals surface area contributed by atoms with Crippen LogP contribution in [0.4, 0.5) is 13.2 Å². The second-order valence-corrected chi connectivity index (χ2v) is 6.82. The van der Waals surface area contributed by atoms with Gasteiger partial charge in [-0.2, -0.15) is 23.3 Å². The summed E-state index contributed by atoms with van der Waals surface area (Å²) in [4.78, 5) is 16.6. The van der Waals surface area contributed by atoms with Gasteiger partial charge in [-0.3, -0.25) is 9.48 Å². The van der Waals surface area contributed by atoms with Gasteiger partial charge in [0.2, 0.25) is 11.8 Å². The first kappa shape index (κ1) is 20.9. The van der Waals surface area contributed by atoms with Crippen LogP contribution in [0.25, 0.3) is 0 Å². The molecule has 0 fully saturated rings. The largest absolute Gasteiger partial charge is 0.408 e. The molecule has 1 N–H and O–H groups in total. The van der Waals surface area contributed by atoms with E-state index < -0.39 is 18.6 Å². The van der Waals surface area contributed by atoms with Gasteiger partial charge in [0, 0.05) is 30.1 Å². The van der Waals surface area contributed by atoms with Gasteiger partial charge in [-0.25, -0.2) is 0 Å². The van der Waals surface area contributed by atoms with Gasteiger partial charge >= 0.3 is 6.18 Å². The third-order valence-electron chi connectivity index (χ3n) is 4.23. The number of nitrogens with zero attached hydrogens (tertiary/aromatic N) is 4. The third kappa shape index (κ3) is 5.30. The Hall–Kier alpha value is -2.39. The quantitative estimate of drug-likeness (QED) is 0.789. The molecule has 0 aliphatic heterocycles. The van der Waals surface area contributed by atoms with Crippen LogP contribution in [-0.2, 0) is 17.8 Å². The number of hydrogen-bond acceptors (Lipinski definition) is 5. The van der Waals surface area contributed by atoms with E-state index in [0.717, 1.165) is 4.68 Å². The Balaban J connectivity index is 1.98. The van der Waals surface area contributed by atoms with Crippen molar-refractivity contribution in [1.29, 1.82) is 0 Å². The van der Waals surface area contributed by atoms with Crippen LogP contribution in [0.15, 0.2) is 4.52 Å². The van der Waals surface area contributed by atoms with Crippen LogP contribution in [-0.4, -0.2) is 38.5 Å². The van der Waals surface area contributed by atoms with Crippen LogP contribution >= 0.6 is 0 Å². The average Bonchev–Trinajstić information content (AvgIpc) is 3.11. The minimum Gasteiger partial charge on any atom is -0.355 e. The van der Waals surface area contributed by atoms with Crippen molar-refractivity contribution < 1.29 is 22.5 Å². The topological polar surface area (TPSA) is 85.8 Å². The molecule has 2 rings (SSSR count). The molecule has 0 aliphatic rings. The molecule has 150 valence electrons. The van der Waals surface area contributed by atoms with Crippen molar-refractivity contribution >= 4 is 5.91 Å². The molecular weight excluding hydrogens is 363 g/mol. The molecule has 10 heteroatoms. The fourth-order valence-electron chi connectivity index (χ4n) is 2.84. The van der Waals surface area contributed by atoms with Gasteiger partial charge in [0.05, 0.1) is 11.6 Å². The monoisotopic (exact) mass is 387 g/mol. The summed E-state index contributed by atoms with van der Waals surface area (Å²) < 4.78 is 43.9. The number of aryl methyl sites for hydroxylation is 1. The Kier molecular flexibility index (Phi) is 6.27. The maximum Gasteiger partial charge on any atom is 0.408 e. The van der Waals surface area contributed by atoms with Gasteiger partial charge in [0.1, 0.15) is 6.54 Å². The number of alkyl halides is 3. The van der Waals surface area contributed by atoms with Gasteiger partial charge in [-0.05, 0) is 20.8 Å². The first-order valence-corrected chi connectivity index (χ1v) is 8.70. The van der Waals surface area contributed by atoms with E-state index in [-0.39, 0.29) is 18.4 Å². The van der Waals surface area contributed by atoms with Crippen LogP contribution < -0.4 is 5.32 Å². The van der Waals surface area contributed by atoms with Crippen molar-refractivity contribution in [2.75, 3.05) is 6.54 Å². The zero-order valence-corrected chi connectivity index (χ0v) is 16.0. The first-order chi connectivity index (χ1) is 12.5. The summed E-state index contributed by atoms with van der Waals surface area (Å²) in [5.74, 6) is 0.263. The molecule has 0 saturated heterocycles. The molecule has 0 aromatic carbocycles. The smallest absolute Gasteiger partial charge is 0.355 e. The highest BCUT2D eigenvalue weighted by atomic mass is 19.4. The summed E-state index contributed by atoms with van der Waals surface area (Å²) >= 11 is 0. The molecular formula is C17H24F3N5O2. The second-order valence-electron chi connectivity index (χ2n) is 6.82. The van der Waals surface area contributed by atoms with E-state index in [1.807, 2.05) is 13.8 Å². The minimum atomic E-state index is -4.37. The number of hydrogen-bond donors (Lipinski definition) is 1. The molecule has 1 atom stereocenters. The standard InChI is InChI=1S/C17H24F3N5O2/c1-9(2)15-22-13(27-24-15)6-7-21-16(26)10(3)14-11(4)23-25(12(14)5)8-17(18,19)20/h9-10H,6-8H2,1-5H3,(H,21,26). The van der Waals surface area contributed by atoms with E-state index >= 15 is 0 Å². The number of nitrogens with one attached hydrogen (secondary N) is 1. The van der Waals surface area contributed by atoms with Crippen molar-refractivity contribution in [3.05, 3.63) is 28.7 Å². The molecule has 27 heavy (non-hydrogen) atoms. The number of carbonyl (C=O) groups excluding carboxylic acids is 1. The lowest BCUT2D eigenvalue weighted by molar-refractivity contribution is -0.143. The summed E-state index contributed by atoms with van der Waals surface area (Å²) in [6.07, 6.45) is -3.99. The summed E-state index contributed by atoms with van der Waals surface area (Å²) in [5, 5.41) is 10.5. The molecule has 0 aliphatic carbocycles. The highest BCUT2D eigenvalue weighted by Crippen LogP contribution is 2.26. The van der Waals surface area contributed by atoms with Gasteiger partial charge in [-0.15, -0.1) is 0 Å². The van der Waals surface area contributed by atoms with E-state index in [4.69, 9.17) is 4.52 Å². The molecule has 1 amide bonds. The fourth-order valence-corrected chi connectivity index (χ4v) is 2.84. The van der Waals surface area contributed by atoms with Gasteiger partial charge in [-0.1, -0.05) is 19.0 Å². The number of carbonyl (C=O) groups is 1. The van der Waals surface area contributed by atoms with Gasteiger partial charge in [0.15, 0.2) is 5.82 Å². The van der Waals surface area contributed by atoms with E-state index in [2.05, 4.69) is 20.6 Å². The molecule has 2 aromatic rings. The van der Waals surface area contributed by atoms with Crippen molar-refractivity contribution in [3.8, 4) is 0 Å². The molecule has 1 unspecified atom stereocenters. The maximum absolute atomic E-state index is 12.6. The lowest BCUT2D eigenvalue weighted by atomic mass is 9.98. The van der Waals surface area contributed by atoms with Crippen LogP contribution in [0.3, 0.4) is 0 Å². The highest BCUT2D eigenvalue weighted by molar-refractivity contribution is 5.83. The van der Waals surface area contributed by atoms with Crippen molar-refractivity contribution in [2.24, 2.45) is 0 Å². The van der Waals surface area contributed by atoms with Crippen molar-refractivity contribution in [2.45, 2.75) is 65.6 Å². The molecule has 0 saturated carbocycles. The molecule has 0 spiro atoms. The zero-order valence-electron chi connectivity index (χ0n) is 16.0. The minimum absolute atomic E-state index is 0.149. The van der Waals surface area contributed by atoms with Crippen molar-refractivity contribution in [3.63, 3.8) is 0 Å². The Morgan fingerprint density at radius 1 is 1.26 bits per heavy atom. The number of halogens is 3. The average molecular weight is 387 g/mol. The van der Waals surface area contributed by atoms with E-state index in [1.54, 1.807) is 13.8 Å². The van der Waals surface area contributed by atoms with E-state index in [9.17, 15) is 18.0 Å². The van der Waals surface area contributed by atoms with Crippen LogP contribution in [0.5, 0.6) is 0 Å². The predicted molar refractivity (Wildman–Crippen MR) is 91.3 cm³/mol. The molecule has 2 aromatic heterocycles. The van der Waals surface area contributed by atoms with Crippen LogP contribution in [0, 0.1) is 13.8 Å². The Bertz CT molecular complexity index is 795. The molecule has 7 nitrogen and oxygen atoms in total. The van der Waals surface area contributed by atoms with Gasteiger partial charge < -0.3 is 9.84 Å². The zero-order chi connectivity index (χ0) is 20.4. The van der Waals surface area contributed by atoms with E-state index in [1.165, 1.54) is 6.92 Å². The SMILES string of the molecule is Cc1nn(CC(F)(F)F)c(C)c1C(C)C(=O)NCCc1nc(C(C)C)no1. The van der Waals surface area contributed by atoms with Gasteiger partial charge in [0.25, 0.3) is 0 Å². The summed E-state index contributed by atoms with van der Waals surface area (Å²) in [5.41, 5.74) is 1.26. The maximum atomic E-state index is 12.6. The second kappa shape index (κ2) is 8.10. The molecule has 2 heterocycles. The lowest BCUT2D eigenvalue weighted by Gasteiger charge is -2.13. The Morgan fingerprint density at radius 2 is 1.93 bits per heavy atom. The van der Waals surface area contributed by atoms with E-state index in [0.29, 0.717) is 35.1 Å². The lowest BCUT2D eigenvalue weighted by Crippen LogP contribution is -2.30. The molecule has 0 radical (unpaired) electrons. The number of amides is 1. The summed E-state index contributed by atoms with van der Waals surface area (Å²) in [6.45, 7) is 7.79. The normalized spacial score (nSPS) is 13.2. The molecule has 0 bridgehead atoms. The van der Waals surface area contributed by atoms with Crippen molar-refractivity contribution in [1.82, 2.24) is 25.2 Å². The third-order valence-corrected chi connectivity index (χ3v) is 4.23.